The van der Waals surface area contributed by atoms with E-state index in [-0.39, 0.29) is 49.2 Å². The molecule has 0 aromatic carbocycles. The van der Waals surface area contributed by atoms with Crippen LogP contribution in [0.4, 0.5) is 0 Å². The van der Waals surface area contributed by atoms with Crippen molar-refractivity contribution in [2.24, 2.45) is 11.7 Å². The fraction of sp³-hybridized carbons (Fsp3) is 0.706. The van der Waals surface area contributed by atoms with Crippen molar-refractivity contribution in [2.75, 3.05) is 20.1 Å². The minimum atomic E-state index is -0.429. The Morgan fingerprint density at radius 2 is 1.96 bits per heavy atom. The van der Waals surface area contributed by atoms with Crippen LogP contribution in [-0.2, 0) is 9.59 Å². The minimum absolute atomic E-state index is 0. The van der Waals surface area contributed by atoms with Gasteiger partial charge in [0.05, 0.1) is 6.54 Å². The van der Waals surface area contributed by atoms with Gasteiger partial charge in [-0.25, -0.2) is 0 Å². The zero-order valence-corrected chi connectivity index (χ0v) is 17.1. The molecule has 2 rings (SSSR count). The van der Waals surface area contributed by atoms with Crippen LogP contribution >= 0.6 is 24.8 Å². The molecule has 0 spiro atoms. The Morgan fingerprint density at radius 3 is 2.50 bits per heavy atom. The molecule has 0 saturated heterocycles. The number of aromatic nitrogens is 2. The smallest absolute Gasteiger partial charge is 0.247 e. The lowest BCUT2D eigenvalue weighted by Crippen LogP contribution is -2.49. The normalized spacial score (nSPS) is 16.6. The van der Waals surface area contributed by atoms with Crippen molar-refractivity contribution in [1.29, 1.82) is 0 Å². The average Bonchev–Trinajstić information content (AvgIpc) is 3.13. The maximum Gasteiger partial charge on any atom is 0.247 e. The third-order valence-corrected chi connectivity index (χ3v) is 4.86. The van der Waals surface area contributed by atoms with E-state index in [1.807, 2.05) is 0 Å². The zero-order valence-electron chi connectivity index (χ0n) is 15.5. The molecule has 2 amide bonds. The van der Waals surface area contributed by atoms with E-state index >= 15 is 0 Å². The Balaban J connectivity index is 0.00000312. The summed E-state index contributed by atoms with van der Waals surface area (Å²) in [5.74, 6) is 0.159. The van der Waals surface area contributed by atoms with Crippen LogP contribution in [0, 0.1) is 5.92 Å². The van der Waals surface area contributed by atoms with Gasteiger partial charge >= 0.3 is 0 Å². The first kappa shape index (κ1) is 24.7. The van der Waals surface area contributed by atoms with E-state index in [0.29, 0.717) is 12.5 Å². The van der Waals surface area contributed by atoms with E-state index in [2.05, 4.69) is 10.4 Å². The third-order valence-electron chi connectivity index (χ3n) is 4.86. The standard InChI is InChI=1S/C17H29N5O2.2ClH/c1-13(22-10-6-9-19-22)17(24)21(2)12-16(23)20-15(11-18)14-7-4-3-5-8-14;;/h6,9-10,13-15H,3-5,7-8,11-12,18H2,1-2H3,(H,20,23);2*1H. The summed E-state index contributed by atoms with van der Waals surface area (Å²) in [7, 11) is 1.64. The highest BCUT2D eigenvalue weighted by Crippen LogP contribution is 2.26. The third kappa shape index (κ3) is 6.78. The number of rotatable bonds is 7. The van der Waals surface area contributed by atoms with Crippen LogP contribution in [0.5, 0.6) is 0 Å². The summed E-state index contributed by atoms with van der Waals surface area (Å²) in [6.07, 6.45) is 9.29. The Bertz CT molecular complexity index is 535. The van der Waals surface area contributed by atoms with Crippen LogP contribution in [0.1, 0.15) is 45.1 Å². The number of halogens is 2. The Labute approximate surface area is 167 Å². The molecule has 2 unspecified atom stereocenters. The quantitative estimate of drug-likeness (QED) is 0.719. The Kier molecular flexibility index (Phi) is 11.5. The molecule has 1 aliphatic rings. The average molecular weight is 408 g/mol. The summed E-state index contributed by atoms with van der Waals surface area (Å²) in [5, 5.41) is 7.09. The van der Waals surface area contributed by atoms with Crippen molar-refractivity contribution in [3.63, 3.8) is 0 Å². The van der Waals surface area contributed by atoms with E-state index in [0.717, 1.165) is 12.8 Å². The summed E-state index contributed by atoms with van der Waals surface area (Å²) in [5.41, 5.74) is 5.85. The molecule has 1 heterocycles. The van der Waals surface area contributed by atoms with Gasteiger partial charge in [-0.3, -0.25) is 14.3 Å². The van der Waals surface area contributed by atoms with Crippen molar-refractivity contribution < 1.29 is 9.59 Å². The second-order valence-corrected chi connectivity index (χ2v) is 6.66. The SMILES string of the molecule is CC(C(=O)N(C)CC(=O)NC(CN)C1CCCCC1)n1cccn1.Cl.Cl. The summed E-state index contributed by atoms with van der Waals surface area (Å²) >= 11 is 0. The lowest BCUT2D eigenvalue weighted by atomic mass is 9.84. The number of carbonyl (C=O) groups is 2. The van der Waals surface area contributed by atoms with Gasteiger partial charge < -0.3 is 16.0 Å². The number of hydrogen-bond acceptors (Lipinski definition) is 4. The molecule has 2 atom stereocenters. The fourth-order valence-electron chi connectivity index (χ4n) is 3.39. The van der Waals surface area contributed by atoms with Gasteiger partial charge in [0.2, 0.25) is 11.8 Å². The molecular formula is C17H31Cl2N5O2. The number of hydrogen-bond donors (Lipinski definition) is 2. The molecule has 0 radical (unpaired) electrons. The van der Waals surface area contributed by atoms with Crippen molar-refractivity contribution in [1.82, 2.24) is 20.0 Å². The van der Waals surface area contributed by atoms with E-state index in [1.165, 1.54) is 24.2 Å². The molecule has 0 aliphatic heterocycles. The first-order chi connectivity index (χ1) is 11.5. The molecule has 9 heteroatoms. The van der Waals surface area contributed by atoms with E-state index in [4.69, 9.17) is 5.73 Å². The fourth-order valence-corrected chi connectivity index (χ4v) is 3.39. The molecule has 1 aromatic rings. The number of likely N-dealkylation sites (N-methyl/N-ethyl adjacent to an activating group) is 1. The predicted molar refractivity (Wildman–Crippen MR) is 107 cm³/mol. The molecule has 1 saturated carbocycles. The number of amides is 2. The maximum atomic E-state index is 12.4. The number of nitrogens with zero attached hydrogens (tertiary/aromatic N) is 3. The van der Waals surface area contributed by atoms with Gasteiger partial charge in [-0.2, -0.15) is 5.10 Å². The molecule has 26 heavy (non-hydrogen) atoms. The lowest BCUT2D eigenvalue weighted by Gasteiger charge is -2.30. The maximum absolute atomic E-state index is 12.4. The van der Waals surface area contributed by atoms with Gasteiger partial charge in [-0.05, 0) is 31.7 Å². The van der Waals surface area contributed by atoms with Crippen LogP contribution in [0.2, 0.25) is 0 Å². The predicted octanol–water partition coefficient (Wildman–Crippen LogP) is 1.77. The van der Waals surface area contributed by atoms with Gasteiger partial charge in [-0.15, -0.1) is 24.8 Å². The van der Waals surface area contributed by atoms with Crippen LogP contribution in [0.3, 0.4) is 0 Å². The van der Waals surface area contributed by atoms with Crippen molar-refractivity contribution in [3.8, 4) is 0 Å². The van der Waals surface area contributed by atoms with Crippen LogP contribution in [0.25, 0.3) is 0 Å². The summed E-state index contributed by atoms with van der Waals surface area (Å²) in [6.45, 7) is 2.25. The second kappa shape index (κ2) is 12.1. The molecule has 0 bridgehead atoms. The topological polar surface area (TPSA) is 93.3 Å². The lowest BCUT2D eigenvalue weighted by molar-refractivity contribution is -0.137. The van der Waals surface area contributed by atoms with Gasteiger partial charge in [0.15, 0.2) is 0 Å². The highest BCUT2D eigenvalue weighted by atomic mass is 35.5. The van der Waals surface area contributed by atoms with Crippen molar-refractivity contribution in [3.05, 3.63) is 18.5 Å². The Morgan fingerprint density at radius 1 is 1.31 bits per heavy atom. The van der Waals surface area contributed by atoms with Crippen molar-refractivity contribution in [2.45, 2.75) is 51.1 Å². The molecule has 1 aliphatic carbocycles. The molecular weight excluding hydrogens is 377 g/mol. The van der Waals surface area contributed by atoms with Gasteiger partial charge in [0.1, 0.15) is 6.04 Å². The van der Waals surface area contributed by atoms with E-state index in [9.17, 15) is 9.59 Å². The monoisotopic (exact) mass is 407 g/mol. The van der Waals surface area contributed by atoms with Crippen molar-refractivity contribution >= 4 is 36.6 Å². The first-order valence-corrected chi connectivity index (χ1v) is 8.76. The number of nitrogens with one attached hydrogen (secondary N) is 1. The first-order valence-electron chi connectivity index (χ1n) is 8.76. The van der Waals surface area contributed by atoms with Crippen LogP contribution in [0.15, 0.2) is 18.5 Å². The largest absolute Gasteiger partial charge is 0.350 e. The Hall–Kier alpha value is -1.31. The summed E-state index contributed by atoms with van der Waals surface area (Å²) in [6, 6.07) is 1.35. The van der Waals surface area contributed by atoms with Gasteiger partial charge in [0.25, 0.3) is 0 Å². The highest BCUT2D eigenvalue weighted by molar-refractivity contribution is 5.86. The summed E-state index contributed by atoms with van der Waals surface area (Å²) in [4.78, 5) is 26.1. The van der Waals surface area contributed by atoms with E-state index < -0.39 is 6.04 Å². The molecule has 1 fully saturated rings. The summed E-state index contributed by atoms with van der Waals surface area (Å²) < 4.78 is 1.58. The second-order valence-electron chi connectivity index (χ2n) is 6.66. The van der Waals surface area contributed by atoms with E-state index in [1.54, 1.807) is 37.1 Å². The molecule has 7 nitrogen and oxygen atoms in total. The zero-order chi connectivity index (χ0) is 17.5. The van der Waals surface area contributed by atoms with Gasteiger partial charge in [-0.1, -0.05) is 19.3 Å². The highest BCUT2D eigenvalue weighted by Gasteiger charge is 2.26. The van der Waals surface area contributed by atoms with Crippen LogP contribution in [-0.4, -0.2) is 52.7 Å². The van der Waals surface area contributed by atoms with Crippen LogP contribution < -0.4 is 11.1 Å². The van der Waals surface area contributed by atoms with Gasteiger partial charge in [0, 0.05) is 32.0 Å². The molecule has 3 N–H and O–H groups in total. The number of carbonyl (C=O) groups excluding carboxylic acids is 2. The molecule has 1 aromatic heterocycles. The molecule has 150 valence electrons. The number of nitrogens with two attached hydrogens (primary N) is 1. The minimum Gasteiger partial charge on any atom is -0.350 e.